The van der Waals surface area contributed by atoms with Crippen molar-refractivity contribution in [3.63, 3.8) is 0 Å². The fraction of sp³-hybridized carbons (Fsp3) is 0.100. The molecular weight excluding hydrogens is 353 g/mol. The first-order valence-corrected chi connectivity index (χ1v) is 8.76. The van der Waals surface area contributed by atoms with Gasteiger partial charge in [-0.05, 0) is 13.0 Å². The number of aromatic nitrogens is 1. The Morgan fingerprint density at radius 2 is 1.52 bits per heavy atom. The molecule has 0 fully saturated rings. The molecule has 1 unspecified atom stereocenters. The molecule has 1 aliphatic rings. The number of para-hydroxylation sites is 1. The molecule has 0 spiro atoms. The maximum absolute atomic E-state index is 6.55. The van der Waals surface area contributed by atoms with Crippen LogP contribution in [0, 0.1) is 0 Å². The lowest BCUT2D eigenvalue weighted by atomic mass is 10.1. The van der Waals surface area contributed by atoms with E-state index in [1.807, 2.05) is 37.3 Å². The summed E-state index contributed by atoms with van der Waals surface area (Å²) in [6, 6.07) is 18.5. The van der Waals surface area contributed by atoms with Crippen LogP contribution in [0.4, 0.5) is 11.4 Å². The molecule has 124 valence electrons. The summed E-state index contributed by atoms with van der Waals surface area (Å²) >= 11 is 13.1. The molecule has 0 aliphatic carbocycles. The highest BCUT2D eigenvalue weighted by Gasteiger charge is 2.45. The van der Waals surface area contributed by atoms with Crippen molar-refractivity contribution in [2.75, 3.05) is 0 Å². The van der Waals surface area contributed by atoms with Crippen molar-refractivity contribution in [3.8, 4) is 0 Å². The van der Waals surface area contributed by atoms with E-state index in [-0.39, 0.29) is 4.59 Å². The largest absolute Gasteiger partial charge is 0.261 e. The first-order valence-electron chi connectivity index (χ1n) is 8.00. The third kappa shape index (κ3) is 2.65. The topological polar surface area (TPSA) is 25.2 Å². The Morgan fingerprint density at radius 3 is 2.24 bits per heavy atom. The summed E-state index contributed by atoms with van der Waals surface area (Å²) in [6.45, 7) is 2.64. The minimum Gasteiger partial charge on any atom is -0.261 e. The molecule has 25 heavy (non-hydrogen) atoms. The maximum atomic E-state index is 6.55. The third-order valence-electron chi connectivity index (χ3n) is 4.47. The lowest BCUT2D eigenvalue weighted by molar-refractivity contribution is 0.404. The van der Waals surface area contributed by atoms with Crippen LogP contribution in [-0.4, -0.2) is 10.7 Å². The third-order valence-corrected chi connectivity index (χ3v) is 5.02. The van der Waals surface area contributed by atoms with Gasteiger partial charge in [0.15, 0.2) is 5.69 Å². The van der Waals surface area contributed by atoms with Crippen molar-refractivity contribution >= 4 is 40.3 Å². The Hall–Kier alpha value is -2.20. The van der Waals surface area contributed by atoms with Crippen LogP contribution < -0.4 is 4.59 Å². The highest BCUT2D eigenvalue weighted by molar-refractivity contribution is 6.39. The molecule has 0 amide bonds. The zero-order valence-electron chi connectivity index (χ0n) is 13.7. The highest BCUT2D eigenvalue weighted by Crippen LogP contribution is 2.49. The quantitative estimate of drug-likeness (QED) is 0.523. The van der Waals surface area contributed by atoms with Gasteiger partial charge in [-0.25, -0.2) is 0 Å². The summed E-state index contributed by atoms with van der Waals surface area (Å²) in [5.74, 6) is 0. The van der Waals surface area contributed by atoms with Crippen LogP contribution in [0.2, 0.25) is 10.0 Å². The number of hydrogen-bond acceptors (Lipinski definition) is 2. The van der Waals surface area contributed by atoms with E-state index in [9.17, 15) is 0 Å². The summed E-state index contributed by atoms with van der Waals surface area (Å²) in [5, 5.41) is 6.05. The number of pyridine rings is 1. The molecular formula is C20H16Cl2N3+. The first-order chi connectivity index (χ1) is 12.1. The second-order valence-corrected chi connectivity index (χ2v) is 6.88. The fourth-order valence-corrected chi connectivity index (χ4v) is 4.09. The molecule has 0 radical (unpaired) electrons. The lowest BCUT2D eigenvalue weighted by Crippen LogP contribution is -2.36. The Morgan fingerprint density at radius 1 is 0.880 bits per heavy atom. The smallest absolute Gasteiger partial charge is 0.205 e. The van der Waals surface area contributed by atoms with Gasteiger partial charge in [-0.3, -0.25) is 4.98 Å². The van der Waals surface area contributed by atoms with Crippen LogP contribution in [0.5, 0.6) is 0 Å². The van der Waals surface area contributed by atoms with Gasteiger partial charge in [0.05, 0.1) is 18.0 Å². The number of benzene rings is 2. The van der Waals surface area contributed by atoms with E-state index in [0.29, 0.717) is 16.6 Å². The van der Waals surface area contributed by atoms with Gasteiger partial charge in [0.25, 0.3) is 0 Å². The summed E-state index contributed by atoms with van der Waals surface area (Å²) < 4.78 is 0.214. The Labute approximate surface area is 156 Å². The van der Waals surface area contributed by atoms with Crippen LogP contribution in [0.3, 0.4) is 0 Å². The highest BCUT2D eigenvalue weighted by atomic mass is 35.5. The predicted octanol–water partition coefficient (Wildman–Crippen LogP) is 5.97. The van der Waals surface area contributed by atoms with Crippen molar-refractivity contribution in [2.24, 2.45) is 5.10 Å². The van der Waals surface area contributed by atoms with Crippen molar-refractivity contribution in [3.05, 3.63) is 88.2 Å². The molecule has 4 rings (SSSR count). The van der Waals surface area contributed by atoms with Gasteiger partial charge in [-0.1, -0.05) is 70.8 Å². The molecule has 2 heterocycles. The number of hydrogen-bond donors (Lipinski definition) is 0. The molecule has 0 saturated carbocycles. The van der Waals surface area contributed by atoms with Crippen molar-refractivity contribution < 1.29 is 0 Å². The zero-order chi connectivity index (χ0) is 17.4. The average molecular weight is 369 g/mol. The van der Waals surface area contributed by atoms with Crippen LogP contribution in [0.25, 0.3) is 0 Å². The van der Waals surface area contributed by atoms with Crippen molar-refractivity contribution in [1.29, 1.82) is 0 Å². The fourth-order valence-electron chi connectivity index (χ4n) is 3.44. The van der Waals surface area contributed by atoms with Gasteiger partial charge < -0.3 is 0 Å². The minimum absolute atomic E-state index is 0.214. The van der Waals surface area contributed by atoms with E-state index in [0.717, 1.165) is 28.2 Å². The SMILES string of the molecule is CC1=N[N+](Cc2ccccc2)(c2c(Cl)cncc2Cl)c2ccccc21. The van der Waals surface area contributed by atoms with E-state index in [1.165, 1.54) is 0 Å². The van der Waals surface area contributed by atoms with Gasteiger partial charge in [0.1, 0.15) is 22.3 Å². The van der Waals surface area contributed by atoms with E-state index in [4.69, 9.17) is 28.3 Å². The van der Waals surface area contributed by atoms with Gasteiger partial charge in [-0.15, -0.1) is 4.59 Å². The molecule has 0 N–H and O–H groups in total. The molecule has 5 heteroatoms. The molecule has 3 nitrogen and oxygen atoms in total. The number of quaternary nitrogens is 1. The van der Waals surface area contributed by atoms with E-state index in [2.05, 4.69) is 29.2 Å². The molecule has 0 bridgehead atoms. The van der Waals surface area contributed by atoms with Crippen LogP contribution in [0.1, 0.15) is 18.1 Å². The predicted molar refractivity (Wildman–Crippen MR) is 105 cm³/mol. The second kappa shape index (κ2) is 6.26. The van der Waals surface area contributed by atoms with E-state index < -0.39 is 0 Å². The van der Waals surface area contributed by atoms with Gasteiger partial charge in [-0.2, -0.15) is 0 Å². The first kappa shape index (κ1) is 16.3. The van der Waals surface area contributed by atoms with Gasteiger partial charge in [0.2, 0.25) is 5.69 Å². The summed E-state index contributed by atoms with van der Waals surface area (Å²) in [5.41, 5.74) is 5.06. The Bertz CT molecular complexity index is 949. The number of nitrogens with zero attached hydrogens (tertiary/aromatic N) is 3. The van der Waals surface area contributed by atoms with Gasteiger partial charge in [0, 0.05) is 11.6 Å². The minimum atomic E-state index is 0.214. The van der Waals surface area contributed by atoms with E-state index >= 15 is 0 Å². The summed E-state index contributed by atoms with van der Waals surface area (Å²) in [4.78, 5) is 4.11. The molecule has 1 atom stereocenters. The number of fused-ring (bicyclic) bond motifs is 1. The van der Waals surface area contributed by atoms with Crippen LogP contribution in [-0.2, 0) is 6.54 Å². The van der Waals surface area contributed by atoms with Crippen molar-refractivity contribution in [1.82, 2.24) is 9.58 Å². The monoisotopic (exact) mass is 368 g/mol. The van der Waals surface area contributed by atoms with Gasteiger partial charge >= 0.3 is 0 Å². The number of rotatable bonds is 3. The zero-order valence-corrected chi connectivity index (χ0v) is 15.2. The maximum Gasteiger partial charge on any atom is 0.205 e. The lowest BCUT2D eigenvalue weighted by Gasteiger charge is -2.30. The normalized spacial score (nSPS) is 18.8. The van der Waals surface area contributed by atoms with Crippen molar-refractivity contribution in [2.45, 2.75) is 13.5 Å². The molecule has 1 aliphatic heterocycles. The molecule has 3 aromatic rings. The molecule has 1 aromatic heterocycles. The average Bonchev–Trinajstić information content (AvgIpc) is 2.89. The van der Waals surface area contributed by atoms with Crippen LogP contribution >= 0.6 is 23.2 Å². The van der Waals surface area contributed by atoms with Crippen LogP contribution in [0.15, 0.2) is 72.1 Å². The van der Waals surface area contributed by atoms with E-state index in [1.54, 1.807) is 12.4 Å². The molecule has 2 aromatic carbocycles. The Balaban J connectivity index is 2.01. The summed E-state index contributed by atoms with van der Waals surface area (Å²) in [7, 11) is 0. The number of halogens is 2. The molecule has 0 saturated heterocycles. The Kier molecular flexibility index (Phi) is 4.08. The second-order valence-electron chi connectivity index (χ2n) is 6.07. The standard InChI is InChI=1S/C20H16Cl2N3/c1-14-16-9-5-6-10-19(16)25(24-14,13-15-7-3-2-4-8-15)20-17(21)11-23-12-18(20)22/h2-12H,13H2,1H3/q+1. The summed E-state index contributed by atoms with van der Waals surface area (Å²) in [6.07, 6.45) is 3.25.